The normalized spacial score (nSPS) is 11.9. The lowest BCUT2D eigenvalue weighted by Gasteiger charge is -2.28. The van der Waals surface area contributed by atoms with Crippen LogP contribution in [0.25, 0.3) is 0 Å². The van der Waals surface area contributed by atoms with Crippen LogP contribution in [0.1, 0.15) is 18.9 Å². The number of anilines is 1. The monoisotopic (exact) mass is 235 g/mol. The highest BCUT2D eigenvalue weighted by Gasteiger charge is 2.16. The van der Waals surface area contributed by atoms with Gasteiger partial charge in [-0.2, -0.15) is 17.0 Å². The van der Waals surface area contributed by atoms with E-state index in [1.54, 1.807) is 12.3 Å². The second kappa shape index (κ2) is 6.39. The Morgan fingerprint density at radius 2 is 2.38 bits per heavy atom. The molecule has 0 amide bonds. The smallest absolute Gasteiger partial charge is 0.146 e. The van der Waals surface area contributed by atoms with E-state index in [1.165, 1.54) is 0 Å². The Morgan fingerprint density at radius 1 is 1.62 bits per heavy atom. The van der Waals surface area contributed by atoms with Crippen molar-refractivity contribution < 1.29 is 0 Å². The molecule has 0 saturated heterocycles. The van der Waals surface area contributed by atoms with E-state index < -0.39 is 0 Å². The van der Waals surface area contributed by atoms with E-state index in [1.807, 2.05) is 24.9 Å². The number of thioether (sulfide) groups is 1. The molecule has 0 fully saturated rings. The van der Waals surface area contributed by atoms with Crippen molar-refractivity contribution in [1.82, 2.24) is 4.98 Å². The van der Waals surface area contributed by atoms with E-state index >= 15 is 0 Å². The van der Waals surface area contributed by atoms with Crippen molar-refractivity contribution in [3.63, 3.8) is 0 Å². The summed E-state index contributed by atoms with van der Waals surface area (Å²) in [4.78, 5) is 6.40. The minimum Gasteiger partial charge on any atom is -0.355 e. The number of pyridine rings is 1. The lowest BCUT2D eigenvalue weighted by atomic mass is 10.2. The zero-order chi connectivity index (χ0) is 12.0. The maximum Gasteiger partial charge on any atom is 0.146 e. The molecule has 4 heteroatoms. The molecule has 1 aromatic heterocycles. The topological polar surface area (TPSA) is 39.9 Å². The first-order valence-electron chi connectivity index (χ1n) is 5.31. The molecule has 16 heavy (non-hydrogen) atoms. The third-order valence-electron chi connectivity index (χ3n) is 2.62. The summed E-state index contributed by atoms with van der Waals surface area (Å²) in [5, 5.41) is 9.03. The highest BCUT2D eigenvalue weighted by Crippen LogP contribution is 2.19. The maximum absolute atomic E-state index is 9.03. The van der Waals surface area contributed by atoms with Gasteiger partial charge in [-0.15, -0.1) is 0 Å². The Morgan fingerprint density at radius 3 is 2.94 bits per heavy atom. The van der Waals surface area contributed by atoms with Gasteiger partial charge in [0.1, 0.15) is 11.9 Å². The molecule has 0 aliphatic heterocycles. The van der Waals surface area contributed by atoms with Crippen LogP contribution in [0.15, 0.2) is 18.3 Å². The van der Waals surface area contributed by atoms with Gasteiger partial charge in [0.25, 0.3) is 0 Å². The minimum absolute atomic E-state index is 0.428. The maximum atomic E-state index is 9.03. The average molecular weight is 235 g/mol. The Balaban J connectivity index is 2.94. The second-order valence-corrected chi connectivity index (χ2v) is 4.53. The highest BCUT2D eigenvalue weighted by molar-refractivity contribution is 7.98. The molecular weight excluding hydrogens is 218 g/mol. The fraction of sp³-hybridized carbons (Fsp3) is 0.500. The van der Waals surface area contributed by atoms with Crippen LogP contribution in [0, 0.1) is 11.3 Å². The van der Waals surface area contributed by atoms with Crippen molar-refractivity contribution in [3.8, 4) is 6.07 Å². The molecule has 0 N–H and O–H groups in total. The summed E-state index contributed by atoms with van der Waals surface area (Å²) >= 11 is 1.82. The molecule has 0 spiro atoms. The number of nitriles is 1. The fourth-order valence-corrected chi connectivity index (χ4v) is 2.48. The van der Waals surface area contributed by atoms with Gasteiger partial charge in [-0.1, -0.05) is 6.92 Å². The van der Waals surface area contributed by atoms with Crippen molar-refractivity contribution in [2.75, 3.05) is 24.0 Å². The number of hydrogen-bond donors (Lipinski definition) is 0. The van der Waals surface area contributed by atoms with E-state index in [0.29, 0.717) is 11.6 Å². The van der Waals surface area contributed by atoms with E-state index in [-0.39, 0.29) is 0 Å². The highest BCUT2D eigenvalue weighted by atomic mass is 32.2. The lowest BCUT2D eigenvalue weighted by molar-refractivity contribution is 0.665. The predicted molar refractivity (Wildman–Crippen MR) is 69.8 cm³/mol. The third-order valence-corrected chi connectivity index (χ3v) is 3.34. The Labute approximate surface area is 101 Å². The van der Waals surface area contributed by atoms with Gasteiger partial charge in [0.05, 0.1) is 5.56 Å². The fourth-order valence-electron chi connectivity index (χ4n) is 1.63. The Kier molecular flexibility index (Phi) is 5.13. The Hall–Kier alpha value is -1.21. The summed E-state index contributed by atoms with van der Waals surface area (Å²) in [6.07, 6.45) is 4.89. The lowest BCUT2D eigenvalue weighted by Crippen LogP contribution is -2.34. The van der Waals surface area contributed by atoms with Gasteiger partial charge < -0.3 is 4.90 Å². The van der Waals surface area contributed by atoms with Crippen LogP contribution in [0.3, 0.4) is 0 Å². The number of nitrogens with zero attached hydrogens (tertiary/aromatic N) is 3. The number of aromatic nitrogens is 1. The van der Waals surface area contributed by atoms with Crippen LogP contribution < -0.4 is 4.90 Å². The molecular formula is C12H17N3S. The summed E-state index contributed by atoms with van der Waals surface area (Å²) in [7, 11) is 2.01. The van der Waals surface area contributed by atoms with E-state index in [9.17, 15) is 0 Å². The summed E-state index contributed by atoms with van der Waals surface area (Å²) in [6, 6.07) is 6.22. The van der Waals surface area contributed by atoms with Crippen LogP contribution in [-0.4, -0.2) is 30.1 Å². The molecule has 1 atom stereocenters. The average Bonchev–Trinajstić information content (AvgIpc) is 2.35. The molecule has 0 aliphatic carbocycles. The van der Waals surface area contributed by atoms with E-state index in [2.05, 4.69) is 29.1 Å². The standard InChI is InChI=1S/C12H17N3S/c1-4-11(9-16-3)15(2)12-10(8-13)6-5-7-14-12/h5-7,11H,4,9H2,1-3H3. The third kappa shape index (κ3) is 2.89. The quantitative estimate of drug-likeness (QED) is 0.786. The molecule has 1 rings (SSSR count). The number of hydrogen-bond acceptors (Lipinski definition) is 4. The van der Waals surface area contributed by atoms with Gasteiger partial charge >= 0.3 is 0 Å². The van der Waals surface area contributed by atoms with Crippen molar-refractivity contribution in [1.29, 1.82) is 5.26 Å². The molecule has 0 saturated carbocycles. The van der Waals surface area contributed by atoms with Gasteiger partial charge in [0.2, 0.25) is 0 Å². The summed E-state index contributed by atoms with van der Waals surface area (Å²) in [6.45, 7) is 2.16. The largest absolute Gasteiger partial charge is 0.355 e. The van der Waals surface area contributed by atoms with Crippen LogP contribution in [0.5, 0.6) is 0 Å². The first kappa shape index (κ1) is 12.9. The molecule has 3 nitrogen and oxygen atoms in total. The van der Waals surface area contributed by atoms with E-state index in [4.69, 9.17) is 5.26 Å². The zero-order valence-corrected chi connectivity index (χ0v) is 10.8. The molecule has 86 valence electrons. The van der Waals surface area contributed by atoms with Crippen molar-refractivity contribution >= 4 is 17.6 Å². The molecule has 0 radical (unpaired) electrons. The predicted octanol–water partition coefficient (Wildman–Crippen LogP) is 2.53. The van der Waals surface area contributed by atoms with Crippen LogP contribution in [0.4, 0.5) is 5.82 Å². The van der Waals surface area contributed by atoms with Crippen molar-refractivity contribution in [2.45, 2.75) is 19.4 Å². The molecule has 1 unspecified atom stereocenters. The van der Waals surface area contributed by atoms with Gasteiger partial charge in [0.15, 0.2) is 0 Å². The van der Waals surface area contributed by atoms with Crippen molar-refractivity contribution in [2.24, 2.45) is 0 Å². The minimum atomic E-state index is 0.428. The van der Waals surface area contributed by atoms with Gasteiger partial charge in [-0.3, -0.25) is 0 Å². The van der Waals surface area contributed by atoms with Crippen LogP contribution >= 0.6 is 11.8 Å². The Bertz CT molecular complexity index is 373. The summed E-state index contributed by atoms with van der Waals surface area (Å²) < 4.78 is 0. The second-order valence-electron chi connectivity index (χ2n) is 3.61. The van der Waals surface area contributed by atoms with Gasteiger partial charge in [-0.05, 0) is 24.8 Å². The molecule has 0 bridgehead atoms. The zero-order valence-electron chi connectivity index (χ0n) is 9.97. The van der Waals surface area contributed by atoms with Crippen LogP contribution in [0.2, 0.25) is 0 Å². The molecule has 1 aromatic rings. The molecule has 0 aromatic carbocycles. The first-order valence-corrected chi connectivity index (χ1v) is 6.70. The summed E-state index contributed by atoms with van der Waals surface area (Å²) in [5.74, 6) is 1.83. The van der Waals surface area contributed by atoms with E-state index in [0.717, 1.165) is 18.0 Å². The van der Waals surface area contributed by atoms with Crippen molar-refractivity contribution in [3.05, 3.63) is 23.9 Å². The molecule has 0 aliphatic rings. The molecule has 1 heterocycles. The van der Waals surface area contributed by atoms with Crippen LogP contribution in [-0.2, 0) is 0 Å². The summed E-state index contributed by atoms with van der Waals surface area (Å²) in [5.41, 5.74) is 0.643. The number of rotatable bonds is 5. The first-order chi connectivity index (χ1) is 7.74. The van der Waals surface area contributed by atoms with Gasteiger partial charge in [0, 0.05) is 25.0 Å². The SMILES string of the molecule is CCC(CSC)N(C)c1ncccc1C#N. The van der Waals surface area contributed by atoms with Gasteiger partial charge in [-0.25, -0.2) is 4.98 Å².